The Morgan fingerprint density at radius 3 is 3.17 bits per heavy atom. The summed E-state index contributed by atoms with van der Waals surface area (Å²) < 4.78 is 7.77. The number of likely N-dealkylation sites (N-methyl/N-ethyl adjacent to an activating group) is 1. The van der Waals surface area contributed by atoms with Crippen LogP contribution in [0.5, 0.6) is 5.75 Å². The Balaban J connectivity index is 1.53. The van der Waals surface area contributed by atoms with Gasteiger partial charge in [0, 0.05) is 30.6 Å². The van der Waals surface area contributed by atoms with Crippen molar-refractivity contribution in [2.45, 2.75) is 25.9 Å². The number of benzene rings is 1. The predicted molar refractivity (Wildman–Crippen MR) is 89.7 cm³/mol. The minimum absolute atomic E-state index is 0.0732. The molecule has 7 heteroatoms. The van der Waals surface area contributed by atoms with Gasteiger partial charge in [0.15, 0.2) is 5.82 Å². The van der Waals surface area contributed by atoms with Gasteiger partial charge in [-0.05, 0) is 30.7 Å². The Labute approximate surface area is 144 Å². The van der Waals surface area contributed by atoms with Gasteiger partial charge in [0.25, 0.3) is 5.91 Å². The quantitative estimate of drug-likeness (QED) is 0.857. The molecule has 0 saturated heterocycles. The van der Waals surface area contributed by atoms with Crippen LogP contribution in [0.1, 0.15) is 23.6 Å². The number of hydrogen-bond donors (Lipinski definition) is 0. The number of aromatic nitrogens is 3. The molecular formula is C17H17ClN4O2. The monoisotopic (exact) mass is 344 g/mol. The molecule has 6 nitrogen and oxygen atoms in total. The molecule has 2 aliphatic heterocycles. The van der Waals surface area contributed by atoms with Crippen LogP contribution < -0.4 is 4.74 Å². The van der Waals surface area contributed by atoms with Crippen molar-refractivity contribution in [3.05, 3.63) is 46.0 Å². The van der Waals surface area contributed by atoms with Crippen LogP contribution in [0.3, 0.4) is 0 Å². The second-order valence-corrected chi connectivity index (χ2v) is 6.53. The van der Waals surface area contributed by atoms with Crippen LogP contribution in [0.25, 0.3) is 6.08 Å². The first kappa shape index (κ1) is 15.2. The van der Waals surface area contributed by atoms with Crippen molar-refractivity contribution in [3.63, 3.8) is 0 Å². The summed E-state index contributed by atoms with van der Waals surface area (Å²) in [7, 11) is 1.77. The Morgan fingerprint density at radius 1 is 1.42 bits per heavy atom. The van der Waals surface area contributed by atoms with E-state index in [1.807, 2.05) is 12.1 Å². The highest BCUT2D eigenvalue weighted by Gasteiger charge is 2.23. The zero-order valence-corrected chi connectivity index (χ0v) is 14.1. The molecule has 2 aliphatic rings. The van der Waals surface area contributed by atoms with Gasteiger partial charge < -0.3 is 14.2 Å². The third-order valence-corrected chi connectivity index (χ3v) is 4.61. The van der Waals surface area contributed by atoms with Crippen LogP contribution >= 0.6 is 11.6 Å². The lowest BCUT2D eigenvalue weighted by atomic mass is 10.1. The first-order valence-electron chi connectivity index (χ1n) is 7.91. The summed E-state index contributed by atoms with van der Waals surface area (Å²) >= 11 is 6.02. The van der Waals surface area contributed by atoms with Gasteiger partial charge in [-0.25, -0.2) is 0 Å². The summed E-state index contributed by atoms with van der Waals surface area (Å²) in [6.45, 7) is 1.62. The summed E-state index contributed by atoms with van der Waals surface area (Å²) in [6.07, 6.45) is 3.89. The molecule has 4 rings (SSSR count). The van der Waals surface area contributed by atoms with Gasteiger partial charge in [-0.3, -0.25) is 4.79 Å². The average Bonchev–Trinajstić information content (AvgIpc) is 3.18. The van der Waals surface area contributed by atoms with Crippen LogP contribution in [0, 0.1) is 0 Å². The maximum atomic E-state index is 12.7. The van der Waals surface area contributed by atoms with Crippen LogP contribution in [-0.4, -0.2) is 39.2 Å². The van der Waals surface area contributed by atoms with Crippen molar-refractivity contribution >= 4 is 23.6 Å². The van der Waals surface area contributed by atoms with E-state index in [1.54, 1.807) is 24.1 Å². The van der Waals surface area contributed by atoms with Gasteiger partial charge in [0.1, 0.15) is 18.2 Å². The molecule has 0 N–H and O–H groups in total. The SMILES string of the molecule is CN(Cc1nnc2n1CCC2)C(=O)C1=Cc2cc(Cl)ccc2OC1. The Morgan fingerprint density at radius 2 is 2.29 bits per heavy atom. The molecule has 0 atom stereocenters. The molecule has 1 amide bonds. The Bertz CT molecular complexity index is 843. The molecule has 3 heterocycles. The van der Waals surface area contributed by atoms with Crippen molar-refractivity contribution in [2.75, 3.05) is 13.7 Å². The minimum atomic E-state index is -0.0732. The number of rotatable bonds is 3. The number of hydrogen-bond acceptors (Lipinski definition) is 4. The van der Waals surface area contributed by atoms with Gasteiger partial charge in [0.05, 0.1) is 12.1 Å². The highest BCUT2D eigenvalue weighted by molar-refractivity contribution is 6.30. The lowest BCUT2D eigenvalue weighted by Gasteiger charge is -2.22. The maximum absolute atomic E-state index is 12.7. The molecule has 0 radical (unpaired) electrons. The zero-order chi connectivity index (χ0) is 16.7. The third kappa shape index (κ3) is 2.67. The van der Waals surface area contributed by atoms with E-state index in [4.69, 9.17) is 16.3 Å². The summed E-state index contributed by atoms with van der Waals surface area (Å²) in [5.41, 5.74) is 1.43. The van der Waals surface area contributed by atoms with Gasteiger partial charge >= 0.3 is 0 Å². The van der Waals surface area contributed by atoms with Crippen molar-refractivity contribution in [1.82, 2.24) is 19.7 Å². The van der Waals surface area contributed by atoms with E-state index in [2.05, 4.69) is 14.8 Å². The number of aryl methyl sites for hydroxylation is 1. The van der Waals surface area contributed by atoms with Crippen LogP contribution in [-0.2, 0) is 24.3 Å². The molecule has 0 aliphatic carbocycles. The fraction of sp³-hybridized carbons (Fsp3) is 0.353. The number of ether oxygens (including phenoxy) is 1. The Kier molecular flexibility index (Phi) is 3.76. The van der Waals surface area contributed by atoms with E-state index in [0.29, 0.717) is 17.1 Å². The molecule has 0 unspecified atom stereocenters. The molecule has 0 spiro atoms. The molecule has 124 valence electrons. The minimum Gasteiger partial charge on any atom is -0.488 e. The Hall–Kier alpha value is -2.34. The third-order valence-electron chi connectivity index (χ3n) is 4.37. The second kappa shape index (κ2) is 5.94. The number of carbonyl (C=O) groups is 1. The van der Waals surface area contributed by atoms with Crippen molar-refractivity contribution < 1.29 is 9.53 Å². The summed E-state index contributed by atoms with van der Waals surface area (Å²) in [5.74, 6) is 2.51. The van der Waals surface area contributed by atoms with Gasteiger partial charge in [-0.15, -0.1) is 10.2 Å². The second-order valence-electron chi connectivity index (χ2n) is 6.09. The van der Waals surface area contributed by atoms with Gasteiger partial charge in [-0.2, -0.15) is 0 Å². The number of amides is 1. The van der Waals surface area contributed by atoms with Gasteiger partial charge in [-0.1, -0.05) is 11.6 Å². The average molecular weight is 345 g/mol. The highest BCUT2D eigenvalue weighted by atomic mass is 35.5. The number of carbonyl (C=O) groups excluding carboxylic acids is 1. The van der Waals surface area contributed by atoms with Crippen LogP contribution in [0.2, 0.25) is 5.02 Å². The van der Waals surface area contributed by atoms with E-state index in [0.717, 1.165) is 42.3 Å². The molecule has 1 aromatic carbocycles. The first-order chi connectivity index (χ1) is 11.6. The topological polar surface area (TPSA) is 60.2 Å². The van der Waals surface area contributed by atoms with E-state index in [1.165, 1.54) is 0 Å². The lowest BCUT2D eigenvalue weighted by molar-refractivity contribution is -0.126. The number of nitrogens with zero attached hydrogens (tertiary/aromatic N) is 4. The summed E-state index contributed by atoms with van der Waals surface area (Å²) in [5, 5.41) is 9.01. The van der Waals surface area contributed by atoms with Crippen LogP contribution in [0.15, 0.2) is 23.8 Å². The van der Waals surface area contributed by atoms with Crippen molar-refractivity contribution in [2.24, 2.45) is 0 Å². The molecule has 0 bridgehead atoms. The number of halogens is 1. The van der Waals surface area contributed by atoms with E-state index < -0.39 is 0 Å². The summed E-state index contributed by atoms with van der Waals surface area (Å²) in [6, 6.07) is 5.40. The zero-order valence-electron chi connectivity index (χ0n) is 13.3. The standard InChI is InChI=1S/C17H17ClN4O2/c1-21(9-16-20-19-15-3-2-6-22(15)16)17(23)12-7-11-8-13(18)4-5-14(11)24-10-12/h4-5,7-8H,2-3,6,9-10H2,1H3. The molecule has 0 saturated carbocycles. The molecule has 24 heavy (non-hydrogen) atoms. The maximum Gasteiger partial charge on any atom is 0.253 e. The fourth-order valence-corrected chi connectivity index (χ4v) is 3.31. The lowest BCUT2D eigenvalue weighted by Crippen LogP contribution is -2.31. The largest absolute Gasteiger partial charge is 0.488 e. The van der Waals surface area contributed by atoms with Crippen molar-refractivity contribution in [1.29, 1.82) is 0 Å². The highest BCUT2D eigenvalue weighted by Crippen LogP contribution is 2.29. The molecule has 1 aromatic heterocycles. The molecule has 0 fully saturated rings. The van der Waals surface area contributed by atoms with Crippen LogP contribution in [0.4, 0.5) is 0 Å². The van der Waals surface area contributed by atoms with Crippen molar-refractivity contribution in [3.8, 4) is 5.75 Å². The van der Waals surface area contributed by atoms with E-state index >= 15 is 0 Å². The fourth-order valence-electron chi connectivity index (χ4n) is 3.13. The molecule has 2 aromatic rings. The van der Waals surface area contributed by atoms with Gasteiger partial charge in [0.2, 0.25) is 0 Å². The van der Waals surface area contributed by atoms with E-state index in [9.17, 15) is 4.79 Å². The smallest absolute Gasteiger partial charge is 0.253 e. The predicted octanol–water partition coefficient (Wildman–Crippen LogP) is 2.31. The van der Waals surface area contributed by atoms with E-state index in [-0.39, 0.29) is 12.5 Å². The summed E-state index contributed by atoms with van der Waals surface area (Å²) in [4.78, 5) is 14.4. The molecular weight excluding hydrogens is 328 g/mol. The number of fused-ring (bicyclic) bond motifs is 2. The first-order valence-corrected chi connectivity index (χ1v) is 8.29. The normalized spacial score (nSPS) is 15.3.